The van der Waals surface area contributed by atoms with Crippen LogP contribution < -0.4 is 11.4 Å². The number of esters is 2. The number of aromatic nitrogens is 4. The predicted molar refractivity (Wildman–Crippen MR) is 117 cm³/mol. The highest BCUT2D eigenvalue weighted by atomic mass is 19.4. The van der Waals surface area contributed by atoms with Crippen LogP contribution in [0.4, 0.5) is 19.1 Å². The summed E-state index contributed by atoms with van der Waals surface area (Å²) in [6, 6.07) is 4.34. The van der Waals surface area contributed by atoms with Gasteiger partial charge in [0, 0.05) is 13.3 Å². The average molecular weight is 509 g/mol. The van der Waals surface area contributed by atoms with Crippen molar-refractivity contribution in [2.45, 2.75) is 58.0 Å². The summed E-state index contributed by atoms with van der Waals surface area (Å²) in [6.45, 7) is 2.66. The number of benzene rings is 1. The van der Waals surface area contributed by atoms with Gasteiger partial charge in [0.2, 0.25) is 12.2 Å². The van der Waals surface area contributed by atoms with Crippen molar-refractivity contribution < 1.29 is 37.0 Å². The minimum absolute atomic E-state index is 0.0332. The maximum Gasteiger partial charge on any atom is 0.416 e. The maximum absolute atomic E-state index is 13.5. The van der Waals surface area contributed by atoms with Crippen LogP contribution in [0.1, 0.15) is 44.0 Å². The number of halogens is 3. The molecule has 0 amide bonds. The molecular formula is C22H22F3N5O6. The van der Waals surface area contributed by atoms with Crippen LogP contribution >= 0.6 is 0 Å². The fraction of sp³-hybridized carbons (Fsp3) is 0.409. The van der Waals surface area contributed by atoms with Crippen molar-refractivity contribution in [1.82, 2.24) is 19.1 Å². The summed E-state index contributed by atoms with van der Waals surface area (Å²) in [5, 5.41) is 0. The second-order valence-corrected chi connectivity index (χ2v) is 8.05. The molecule has 14 heteroatoms. The smallest absolute Gasteiger partial charge is 0.416 e. The lowest BCUT2D eigenvalue weighted by molar-refractivity contribution is -0.183. The highest BCUT2D eigenvalue weighted by Crippen LogP contribution is 2.34. The van der Waals surface area contributed by atoms with E-state index in [4.69, 9.17) is 19.9 Å². The molecule has 3 heterocycles. The van der Waals surface area contributed by atoms with Gasteiger partial charge in [0.25, 0.3) is 0 Å². The van der Waals surface area contributed by atoms with Crippen LogP contribution in [0.15, 0.2) is 35.3 Å². The molecule has 1 aromatic carbocycles. The van der Waals surface area contributed by atoms with Crippen LogP contribution in [0.3, 0.4) is 0 Å². The van der Waals surface area contributed by atoms with Gasteiger partial charge >= 0.3 is 23.8 Å². The third kappa shape index (κ3) is 5.03. The topological polar surface area (TPSA) is 141 Å². The normalized spacial score (nSPS) is 20.0. The quantitative estimate of drug-likeness (QED) is 0.496. The lowest BCUT2D eigenvalue weighted by atomic mass is 10.1. The molecule has 0 bridgehead atoms. The Morgan fingerprint density at radius 2 is 1.92 bits per heavy atom. The molecule has 36 heavy (non-hydrogen) atoms. The van der Waals surface area contributed by atoms with Gasteiger partial charge in [0.1, 0.15) is 5.52 Å². The molecule has 0 aliphatic carbocycles. The average Bonchev–Trinajstić information content (AvgIpc) is 3.29. The second kappa shape index (κ2) is 9.60. The molecule has 1 aliphatic rings. The van der Waals surface area contributed by atoms with Crippen molar-refractivity contribution in [1.29, 1.82) is 0 Å². The second-order valence-electron chi connectivity index (χ2n) is 8.05. The molecular weight excluding hydrogens is 487 g/mol. The number of alkyl halides is 3. The molecule has 2 aromatic heterocycles. The summed E-state index contributed by atoms with van der Waals surface area (Å²) in [6.07, 6.45) is -6.47. The Morgan fingerprint density at radius 1 is 1.22 bits per heavy atom. The monoisotopic (exact) mass is 509 g/mol. The van der Waals surface area contributed by atoms with Gasteiger partial charge in [-0.15, -0.1) is 0 Å². The Bertz CT molecular complexity index is 1350. The van der Waals surface area contributed by atoms with E-state index in [2.05, 4.69) is 9.97 Å². The van der Waals surface area contributed by atoms with Crippen molar-refractivity contribution in [2.75, 3.05) is 5.73 Å². The number of nitrogens with zero attached hydrogens (tertiary/aromatic N) is 4. The Hall–Kier alpha value is -3.94. The molecule has 3 aromatic rings. The summed E-state index contributed by atoms with van der Waals surface area (Å²) in [5.41, 5.74) is 4.90. The zero-order valence-corrected chi connectivity index (χ0v) is 19.2. The Labute approximate surface area is 201 Å². The van der Waals surface area contributed by atoms with Crippen LogP contribution in [0.25, 0.3) is 11.2 Å². The fourth-order valence-electron chi connectivity index (χ4n) is 3.89. The van der Waals surface area contributed by atoms with Gasteiger partial charge in [-0.05, 0) is 17.7 Å². The van der Waals surface area contributed by atoms with E-state index in [1.807, 2.05) is 0 Å². The van der Waals surface area contributed by atoms with Gasteiger partial charge in [-0.2, -0.15) is 18.2 Å². The number of nitrogen functional groups attached to an aromatic ring is 1. The molecule has 1 saturated heterocycles. The third-order valence-corrected chi connectivity index (χ3v) is 5.50. The number of ether oxygens (including phenoxy) is 3. The summed E-state index contributed by atoms with van der Waals surface area (Å²) >= 11 is 0. The largest absolute Gasteiger partial charge is 0.457 e. The minimum atomic E-state index is -4.50. The van der Waals surface area contributed by atoms with Crippen molar-refractivity contribution in [3.8, 4) is 0 Å². The first-order valence-electron chi connectivity index (χ1n) is 10.9. The van der Waals surface area contributed by atoms with E-state index in [-0.39, 0.29) is 36.5 Å². The third-order valence-electron chi connectivity index (χ3n) is 5.50. The number of carbonyl (C=O) groups excluding carboxylic acids is 2. The van der Waals surface area contributed by atoms with E-state index in [9.17, 15) is 27.6 Å². The molecule has 2 N–H and O–H groups in total. The molecule has 1 aliphatic heterocycles. The van der Waals surface area contributed by atoms with Gasteiger partial charge < -0.3 is 19.9 Å². The Morgan fingerprint density at radius 3 is 2.53 bits per heavy atom. The van der Waals surface area contributed by atoms with Crippen LogP contribution in [-0.4, -0.2) is 43.4 Å². The van der Waals surface area contributed by atoms with E-state index >= 15 is 0 Å². The SMILES string of the molecule is CCC(=O)O[C@H]1C[C@@H](OC(C)=O)[C@H](n2c(=O)n(Cc3ccc(C(F)(F)F)cc3)c3cnc(N)nc32)O1. The molecule has 1 fully saturated rings. The van der Waals surface area contributed by atoms with E-state index in [0.717, 1.165) is 16.7 Å². The van der Waals surface area contributed by atoms with Crippen LogP contribution in [0.5, 0.6) is 0 Å². The van der Waals surface area contributed by atoms with Crippen LogP contribution in [-0.2, 0) is 36.5 Å². The molecule has 192 valence electrons. The van der Waals surface area contributed by atoms with Gasteiger partial charge in [-0.25, -0.2) is 14.3 Å². The Kier molecular flexibility index (Phi) is 6.71. The fourth-order valence-corrected chi connectivity index (χ4v) is 3.89. The number of nitrogens with two attached hydrogens (primary N) is 1. The van der Waals surface area contributed by atoms with Crippen molar-refractivity contribution >= 4 is 29.1 Å². The number of fused-ring (bicyclic) bond motifs is 1. The molecule has 0 radical (unpaired) electrons. The first-order chi connectivity index (χ1) is 17.0. The van der Waals surface area contributed by atoms with Crippen molar-refractivity contribution in [3.63, 3.8) is 0 Å². The summed E-state index contributed by atoms with van der Waals surface area (Å²) in [7, 11) is 0. The van der Waals surface area contributed by atoms with Crippen LogP contribution in [0.2, 0.25) is 0 Å². The maximum atomic E-state index is 13.5. The summed E-state index contributed by atoms with van der Waals surface area (Å²) in [5.74, 6) is -1.35. The van der Waals surface area contributed by atoms with Gasteiger partial charge in [0.05, 0.1) is 24.7 Å². The first kappa shape index (κ1) is 25.2. The standard InChI is InChI=1S/C22H22F3N5O6/c1-3-16(32)35-17-8-15(34-11(2)31)19(36-17)30-18-14(9-27-20(26)28-18)29(21(30)33)10-12-4-6-13(7-5-12)22(23,24)25/h4-7,9,15,17,19H,3,8,10H2,1-2H3,(H2,26,27,28)/t15-,17-,19-/m1/s1. The Balaban J connectivity index is 1.76. The number of imidazole rings is 1. The van der Waals surface area contributed by atoms with Crippen molar-refractivity contribution in [3.05, 3.63) is 52.1 Å². The number of rotatable bonds is 6. The molecule has 0 spiro atoms. The number of hydrogen-bond donors (Lipinski definition) is 1. The number of carbonyl (C=O) groups is 2. The summed E-state index contributed by atoms with van der Waals surface area (Å²) in [4.78, 5) is 45.1. The zero-order valence-electron chi connectivity index (χ0n) is 19.2. The predicted octanol–water partition coefficient (Wildman–Crippen LogP) is 2.37. The lowest BCUT2D eigenvalue weighted by Gasteiger charge is -2.19. The minimum Gasteiger partial charge on any atom is -0.457 e. The molecule has 11 nitrogen and oxygen atoms in total. The molecule has 4 rings (SSSR count). The zero-order chi connectivity index (χ0) is 26.2. The van der Waals surface area contributed by atoms with Gasteiger partial charge in [-0.3, -0.25) is 14.2 Å². The van der Waals surface area contributed by atoms with E-state index in [0.29, 0.717) is 5.56 Å². The van der Waals surface area contributed by atoms with E-state index < -0.39 is 48.0 Å². The first-order valence-corrected chi connectivity index (χ1v) is 10.9. The van der Waals surface area contributed by atoms with Gasteiger partial charge in [-0.1, -0.05) is 19.1 Å². The molecule has 0 saturated carbocycles. The highest BCUT2D eigenvalue weighted by Gasteiger charge is 2.43. The number of hydrogen-bond acceptors (Lipinski definition) is 9. The van der Waals surface area contributed by atoms with Gasteiger partial charge in [0.15, 0.2) is 18.0 Å². The number of anilines is 1. The summed E-state index contributed by atoms with van der Waals surface area (Å²) < 4.78 is 57.4. The highest BCUT2D eigenvalue weighted by molar-refractivity contribution is 5.72. The van der Waals surface area contributed by atoms with Crippen molar-refractivity contribution in [2.24, 2.45) is 0 Å². The van der Waals surface area contributed by atoms with Crippen LogP contribution in [0, 0.1) is 0 Å². The molecule has 3 atom stereocenters. The molecule has 0 unspecified atom stereocenters. The van der Waals surface area contributed by atoms with E-state index in [1.165, 1.54) is 29.8 Å². The van der Waals surface area contributed by atoms with E-state index in [1.54, 1.807) is 6.92 Å². The lowest BCUT2D eigenvalue weighted by Crippen LogP contribution is -2.34.